The van der Waals surface area contributed by atoms with Crippen LogP contribution < -0.4 is 10.5 Å². The normalized spacial score (nSPS) is 18.3. The number of nitrogens with two attached hydrogens (primary N) is 1. The molecule has 1 saturated heterocycles. The number of anilines is 1. The van der Waals surface area contributed by atoms with E-state index in [4.69, 9.17) is 10.5 Å². The van der Waals surface area contributed by atoms with Crippen LogP contribution in [0.1, 0.15) is 19.8 Å². The molecule has 0 radical (unpaired) electrons. The number of ether oxygens (including phenoxy) is 1. The van der Waals surface area contributed by atoms with Gasteiger partial charge in [0.1, 0.15) is 10.6 Å². The highest BCUT2D eigenvalue weighted by molar-refractivity contribution is 9.10. The standard InChI is InChI=1S/C13H19BrN2O4S/c1-3-4-13(17)7-16(8-13)21(18,19)12-6-10(15)9(14)5-11(12)20-2/h5-6,17H,3-4,7-8,15H2,1-2H3. The Kier molecular flexibility index (Phi) is 4.53. The van der Waals surface area contributed by atoms with Crippen LogP contribution >= 0.6 is 15.9 Å². The van der Waals surface area contributed by atoms with E-state index in [1.807, 2.05) is 6.92 Å². The first-order valence-electron chi connectivity index (χ1n) is 6.59. The number of β-amino-alcohol motifs (C(OH)–C–C–N with tert-alkyl or cyclic N) is 1. The Bertz CT molecular complexity index is 642. The van der Waals surface area contributed by atoms with E-state index in [1.54, 1.807) is 0 Å². The molecule has 1 aliphatic heterocycles. The fourth-order valence-corrected chi connectivity index (χ4v) is 4.55. The number of sulfonamides is 1. The van der Waals surface area contributed by atoms with Crippen molar-refractivity contribution < 1.29 is 18.3 Å². The second-order valence-corrected chi connectivity index (χ2v) is 8.03. The third kappa shape index (κ3) is 3.03. The van der Waals surface area contributed by atoms with Crippen molar-refractivity contribution in [2.24, 2.45) is 0 Å². The first-order valence-corrected chi connectivity index (χ1v) is 8.82. The monoisotopic (exact) mass is 378 g/mol. The average molecular weight is 379 g/mol. The maximum atomic E-state index is 12.6. The van der Waals surface area contributed by atoms with E-state index in [2.05, 4.69) is 15.9 Å². The van der Waals surface area contributed by atoms with Crippen molar-refractivity contribution in [2.75, 3.05) is 25.9 Å². The number of rotatable bonds is 5. The molecule has 0 aliphatic carbocycles. The van der Waals surface area contributed by atoms with Crippen LogP contribution in [-0.4, -0.2) is 43.6 Å². The van der Waals surface area contributed by atoms with Crippen LogP contribution in [0.5, 0.6) is 5.75 Å². The molecule has 1 aromatic carbocycles. The summed E-state index contributed by atoms with van der Waals surface area (Å²) in [5.74, 6) is 0.224. The minimum atomic E-state index is -3.73. The minimum absolute atomic E-state index is 0.0178. The molecule has 6 nitrogen and oxygen atoms in total. The fourth-order valence-electron chi connectivity index (χ4n) is 2.45. The van der Waals surface area contributed by atoms with Crippen LogP contribution in [0.15, 0.2) is 21.5 Å². The zero-order valence-corrected chi connectivity index (χ0v) is 14.4. The van der Waals surface area contributed by atoms with E-state index in [0.29, 0.717) is 16.6 Å². The summed E-state index contributed by atoms with van der Waals surface area (Å²) >= 11 is 3.24. The topological polar surface area (TPSA) is 92.9 Å². The van der Waals surface area contributed by atoms with Crippen LogP contribution in [0, 0.1) is 0 Å². The Morgan fingerprint density at radius 2 is 2.10 bits per heavy atom. The maximum Gasteiger partial charge on any atom is 0.247 e. The summed E-state index contributed by atoms with van der Waals surface area (Å²) in [5.41, 5.74) is 5.16. The highest BCUT2D eigenvalue weighted by Gasteiger charge is 2.47. The van der Waals surface area contributed by atoms with Crippen molar-refractivity contribution in [1.82, 2.24) is 4.31 Å². The SMILES string of the molecule is CCCC1(O)CN(S(=O)(=O)c2cc(N)c(Br)cc2OC)C1. The molecule has 0 bridgehead atoms. The van der Waals surface area contributed by atoms with Crippen molar-refractivity contribution in [1.29, 1.82) is 0 Å². The number of methoxy groups -OCH3 is 1. The van der Waals surface area contributed by atoms with Gasteiger partial charge in [0.15, 0.2) is 0 Å². The van der Waals surface area contributed by atoms with Crippen LogP contribution in [0.4, 0.5) is 5.69 Å². The van der Waals surface area contributed by atoms with Gasteiger partial charge < -0.3 is 15.6 Å². The lowest BCUT2D eigenvalue weighted by Gasteiger charge is -2.45. The quantitative estimate of drug-likeness (QED) is 0.758. The summed E-state index contributed by atoms with van der Waals surface area (Å²) in [7, 11) is -2.32. The van der Waals surface area contributed by atoms with E-state index in [0.717, 1.165) is 6.42 Å². The van der Waals surface area contributed by atoms with Crippen molar-refractivity contribution in [3.8, 4) is 5.75 Å². The molecule has 0 aromatic heterocycles. The molecule has 1 fully saturated rings. The van der Waals surface area contributed by atoms with E-state index < -0.39 is 15.6 Å². The molecule has 21 heavy (non-hydrogen) atoms. The average Bonchev–Trinajstić information content (AvgIpc) is 2.38. The van der Waals surface area contributed by atoms with Crippen LogP contribution in [0.25, 0.3) is 0 Å². The van der Waals surface area contributed by atoms with Crippen molar-refractivity contribution in [3.63, 3.8) is 0 Å². The zero-order valence-electron chi connectivity index (χ0n) is 12.0. The number of aliphatic hydroxyl groups is 1. The van der Waals surface area contributed by atoms with Gasteiger partial charge in [-0.3, -0.25) is 0 Å². The predicted octanol–water partition coefficient (Wildman–Crippen LogP) is 1.58. The van der Waals surface area contributed by atoms with Crippen LogP contribution in [0.2, 0.25) is 0 Å². The highest BCUT2D eigenvalue weighted by atomic mass is 79.9. The van der Waals surface area contributed by atoms with Crippen molar-refractivity contribution >= 4 is 31.6 Å². The number of hydrogen-bond donors (Lipinski definition) is 2. The molecule has 1 aliphatic rings. The largest absolute Gasteiger partial charge is 0.495 e. The molecular weight excluding hydrogens is 360 g/mol. The molecule has 1 aromatic rings. The lowest BCUT2D eigenvalue weighted by atomic mass is 9.92. The van der Waals surface area contributed by atoms with Gasteiger partial charge in [0, 0.05) is 23.2 Å². The minimum Gasteiger partial charge on any atom is -0.495 e. The Balaban J connectivity index is 2.32. The zero-order chi connectivity index (χ0) is 15.8. The van der Waals surface area contributed by atoms with Crippen molar-refractivity contribution in [2.45, 2.75) is 30.3 Å². The lowest BCUT2D eigenvalue weighted by Crippen LogP contribution is -2.63. The molecular formula is C13H19BrN2O4S. The van der Waals surface area contributed by atoms with Gasteiger partial charge in [-0.15, -0.1) is 0 Å². The Hall–Kier alpha value is -0.830. The summed E-state index contributed by atoms with van der Waals surface area (Å²) in [6.07, 6.45) is 1.39. The summed E-state index contributed by atoms with van der Waals surface area (Å²) in [6, 6.07) is 2.90. The van der Waals surface area contributed by atoms with Gasteiger partial charge in [-0.25, -0.2) is 8.42 Å². The first kappa shape index (κ1) is 16.5. The van der Waals surface area contributed by atoms with Gasteiger partial charge in [0.25, 0.3) is 0 Å². The fraction of sp³-hybridized carbons (Fsp3) is 0.538. The van der Waals surface area contributed by atoms with Gasteiger partial charge in [-0.1, -0.05) is 13.3 Å². The molecule has 3 N–H and O–H groups in total. The molecule has 8 heteroatoms. The van der Waals surface area contributed by atoms with Gasteiger partial charge in [-0.2, -0.15) is 4.31 Å². The smallest absolute Gasteiger partial charge is 0.247 e. The summed E-state index contributed by atoms with van der Waals surface area (Å²) in [4.78, 5) is 0.0178. The molecule has 118 valence electrons. The molecule has 0 saturated carbocycles. The molecule has 0 atom stereocenters. The molecule has 0 amide bonds. The van der Waals surface area contributed by atoms with Gasteiger partial charge in [0.2, 0.25) is 10.0 Å². The molecule has 0 spiro atoms. The number of hydrogen-bond acceptors (Lipinski definition) is 5. The Morgan fingerprint density at radius 3 is 2.62 bits per heavy atom. The third-order valence-electron chi connectivity index (χ3n) is 3.56. The lowest BCUT2D eigenvalue weighted by molar-refractivity contribution is -0.0653. The molecule has 1 heterocycles. The van der Waals surface area contributed by atoms with Gasteiger partial charge in [0.05, 0.1) is 12.7 Å². The summed E-state index contributed by atoms with van der Waals surface area (Å²) in [6.45, 7) is 2.15. The number of halogens is 1. The number of nitrogen functional groups attached to an aromatic ring is 1. The predicted molar refractivity (Wildman–Crippen MR) is 83.7 cm³/mol. The molecule has 0 unspecified atom stereocenters. The van der Waals surface area contributed by atoms with E-state index in [1.165, 1.54) is 23.5 Å². The molecule has 2 rings (SSSR count). The third-order valence-corrected chi connectivity index (χ3v) is 6.06. The van der Waals surface area contributed by atoms with E-state index >= 15 is 0 Å². The Morgan fingerprint density at radius 1 is 1.48 bits per heavy atom. The van der Waals surface area contributed by atoms with Crippen LogP contribution in [-0.2, 0) is 10.0 Å². The number of benzene rings is 1. The van der Waals surface area contributed by atoms with Crippen LogP contribution in [0.3, 0.4) is 0 Å². The first-order chi connectivity index (χ1) is 9.73. The summed E-state index contributed by atoms with van der Waals surface area (Å²) < 4.78 is 32.2. The maximum absolute atomic E-state index is 12.6. The second kappa shape index (κ2) is 5.75. The number of nitrogens with zero attached hydrogens (tertiary/aromatic N) is 1. The van der Waals surface area contributed by atoms with Gasteiger partial charge in [-0.05, 0) is 34.5 Å². The van der Waals surface area contributed by atoms with Crippen molar-refractivity contribution in [3.05, 3.63) is 16.6 Å². The van der Waals surface area contributed by atoms with E-state index in [9.17, 15) is 13.5 Å². The second-order valence-electron chi connectivity index (χ2n) is 5.27. The summed E-state index contributed by atoms with van der Waals surface area (Å²) in [5, 5.41) is 10.1. The van der Waals surface area contributed by atoms with Gasteiger partial charge >= 0.3 is 0 Å². The van der Waals surface area contributed by atoms with E-state index in [-0.39, 0.29) is 23.7 Å². The highest BCUT2D eigenvalue weighted by Crippen LogP contribution is 2.37. The Labute approximate surface area is 133 Å².